The first-order valence-electron chi connectivity index (χ1n) is 4.34. The summed E-state index contributed by atoms with van der Waals surface area (Å²) in [4.78, 5) is 0. The lowest BCUT2D eigenvalue weighted by Gasteiger charge is -1.96. The maximum Gasteiger partial charge on any atom is 0.100 e. The van der Waals surface area contributed by atoms with Gasteiger partial charge in [0.15, 0.2) is 0 Å². The summed E-state index contributed by atoms with van der Waals surface area (Å²) in [6.45, 7) is -0.229. The molecule has 0 rings (SSSR count). The Morgan fingerprint density at radius 1 is 0.692 bits per heavy atom. The normalized spacial score (nSPS) is 9.69. The molecule has 0 aromatic rings. The molecule has 0 aliphatic rings. The molecule has 0 saturated heterocycles. The number of aliphatic hydroxyl groups is 5. The molecule has 0 spiro atoms. The van der Waals surface area contributed by atoms with Gasteiger partial charge in [0, 0.05) is 13.2 Å². The maximum atomic E-state index is 8.21. The Hall–Kier alpha value is -0.200. The lowest BCUT2D eigenvalue weighted by Crippen LogP contribution is -2.15. The Bertz CT molecular complexity index is 70.9. The van der Waals surface area contributed by atoms with Crippen molar-refractivity contribution in [3.63, 3.8) is 0 Å². The van der Waals surface area contributed by atoms with E-state index in [4.69, 9.17) is 25.5 Å². The Balaban J connectivity index is 0. The summed E-state index contributed by atoms with van der Waals surface area (Å²) in [6, 6.07) is 0. The zero-order chi connectivity index (χ0) is 10.5. The first-order valence-corrected chi connectivity index (χ1v) is 4.34. The molecule has 0 radical (unpaired) electrons. The molecule has 0 aromatic heterocycles. The van der Waals surface area contributed by atoms with Crippen molar-refractivity contribution in [2.45, 2.75) is 25.4 Å². The van der Waals surface area contributed by atoms with E-state index in [1.807, 2.05) is 0 Å². The van der Waals surface area contributed by atoms with Gasteiger partial charge in [-0.05, 0) is 19.3 Å². The van der Waals surface area contributed by atoms with Crippen molar-refractivity contribution in [1.29, 1.82) is 0 Å². The van der Waals surface area contributed by atoms with Crippen LogP contribution in [0.2, 0.25) is 0 Å². The van der Waals surface area contributed by atoms with Gasteiger partial charge in [0.05, 0.1) is 13.2 Å². The summed E-state index contributed by atoms with van der Waals surface area (Å²) < 4.78 is 0. The second kappa shape index (κ2) is 14.3. The van der Waals surface area contributed by atoms with E-state index >= 15 is 0 Å². The van der Waals surface area contributed by atoms with Gasteiger partial charge in [-0.3, -0.25) is 0 Å². The predicted molar refractivity (Wildman–Crippen MR) is 48.2 cm³/mol. The first kappa shape index (κ1) is 15.3. The van der Waals surface area contributed by atoms with Crippen LogP contribution < -0.4 is 0 Å². The quantitative estimate of drug-likeness (QED) is 0.332. The van der Waals surface area contributed by atoms with Gasteiger partial charge in [-0.2, -0.15) is 0 Å². The largest absolute Gasteiger partial charge is 0.396 e. The summed E-state index contributed by atoms with van der Waals surface area (Å²) in [5.41, 5.74) is 0. The van der Waals surface area contributed by atoms with Crippen LogP contribution in [0.4, 0.5) is 0 Å². The standard InChI is InChI=1S/C5H12O2.C3H8O3/c6-4-2-1-3-5-7;4-1-3(6)2-5/h6-7H,1-5H2;3-6H,1-2H2. The molecule has 5 nitrogen and oxygen atoms in total. The van der Waals surface area contributed by atoms with Crippen LogP contribution in [-0.4, -0.2) is 58.1 Å². The molecule has 0 aliphatic carbocycles. The third-order valence-corrected chi connectivity index (χ3v) is 1.24. The zero-order valence-corrected chi connectivity index (χ0v) is 7.76. The Morgan fingerprint density at radius 3 is 1.23 bits per heavy atom. The smallest absolute Gasteiger partial charge is 0.100 e. The molecule has 0 bridgehead atoms. The van der Waals surface area contributed by atoms with Crippen LogP contribution in [-0.2, 0) is 0 Å². The van der Waals surface area contributed by atoms with Crippen molar-refractivity contribution in [2.24, 2.45) is 0 Å². The van der Waals surface area contributed by atoms with Gasteiger partial charge >= 0.3 is 0 Å². The fraction of sp³-hybridized carbons (Fsp3) is 1.00. The molecule has 5 heteroatoms. The van der Waals surface area contributed by atoms with Crippen molar-refractivity contribution in [1.82, 2.24) is 0 Å². The summed E-state index contributed by atoms with van der Waals surface area (Å²) in [5.74, 6) is 0. The van der Waals surface area contributed by atoms with Gasteiger partial charge in [-0.15, -0.1) is 0 Å². The minimum atomic E-state index is -0.954. The number of hydrogen-bond acceptors (Lipinski definition) is 5. The predicted octanol–water partition coefficient (Wildman–Crippen LogP) is -1.53. The van der Waals surface area contributed by atoms with Crippen molar-refractivity contribution in [2.75, 3.05) is 26.4 Å². The molecule has 0 unspecified atom stereocenters. The van der Waals surface area contributed by atoms with E-state index < -0.39 is 6.10 Å². The summed E-state index contributed by atoms with van der Waals surface area (Å²) >= 11 is 0. The molecular formula is C8H20O5. The highest BCUT2D eigenvalue weighted by molar-refractivity contribution is 4.44. The van der Waals surface area contributed by atoms with Crippen LogP contribution in [0.25, 0.3) is 0 Å². The molecule has 0 aromatic carbocycles. The van der Waals surface area contributed by atoms with Gasteiger partial charge in [0.2, 0.25) is 0 Å². The van der Waals surface area contributed by atoms with Crippen LogP contribution in [0.1, 0.15) is 19.3 Å². The minimum absolute atomic E-state index is 0.250. The van der Waals surface area contributed by atoms with E-state index in [1.54, 1.807) is 0 Å². The molecule has 82 valence electrons. The van der Waals surface area contributed by atoms with Crippen LogP contribution in [0, 0.1) is 0 Å². The molecule has 0 saturated carbocycles. The zero-order valence-electron chi connectivity index (χ0n) is 7.76. The highest BCUT2D eigenvalue weighted by Gasteiger charge is 1.93. The lowest BCUT2D eigenvalue weighted by molar-refractivity contribution is 0.0450. The van der Waals surface area contributed by atoms with E-state index in [0.29, 0.717) is 0 Å². The maximum absolute atomic E-state index is 8.21. The highest BCUT2D eigenvalue weighted by Crippen LogP contribution is 1.90. The molecular weight excluding hydrogens is 176 g/mol. The highest BCUT2D eigenvalue weighted by atomic mass is 16.3. The van der Waals surface area contributed by atoms with Gasteiger partial charge in [0.25, 0.3) is 0 Å². The van der Waals surface area contributed by atoms with Crippen LogP contribution in [0.5, 0.6) is 0 Å². The van der Waals surface area contributed by atoms with E-state index in [1.165, 1.54) is 0 Å². The van der Waals surface area contributed by atoms with Crippen molar-refractivity contribution >= 4 is 0 Å². The van der Waals surface area contributed by atoms with Crippen molar-refractivity contribution in [3.8, 4) is 0 Å². The number of unbranched alkanes of at least 4 members (excludes halogenated alkanes) is 2. The third-order valence-electron chi connectivity index (χ3n) is 1.24. The minimum Gasteiger partial charge on any atom is -0.396 e. The van der Waals surface area contributed by atoms with Crippen LogP contribution in [0.3, 0.4) is 0 Å². The fourth-order valence-corrected chi connectivity index (χ4v) is 0.458. The van der Waals surface area contributed by atoms with E-state index in [2.05, 4.69) is 0 Å². The first-order chi connectivity index (χ1) is 6.22. The second-order valence-electron chi connectivity index (χ2n) is 2.53. The fourth-order valence-electron chi connectivity index (χ4n) is 0.458. The van der Waals surface area contributed by atoms with Crippen molar-refractivity contribution < 1.29 is 25.5 Å². The summed E-state index contributed by atoms with van der Waals surface area (Å²) in [7, 11) is 0. The Labute approximate surface area is 78.3 Å². The summed E-state index contributed by atoms with van der Waals surface area (Å²) in [6.07, 6.45) is 1.62. The second-order valence-corrected chi connectivity index (χ2v) is 2.53. The Morgan fingerprint density at radius 2 is 1.08 bits per heavy atom. The van der Waals surface area contributed by atoms with E-state index in [0.717, 1.165) is 19.3 Å². The molecule has 0 heterocycles. The molecule has 5 N–H and O–H groups in total. The van der Waals surface area contributed by atoms with Gasteiger partial charge in [0.1, 0.15) is 6.10 Å². The van der Waals surface area contributed by atoms with Crippen LogP contribution >= 0.6 is 0 Å². The van der Waals surface area contributed by atoms with E-state index in [9.17, 15) is 0 Å². The van der Waals surface area contributed by atoms with Gasteiger partial charge in [-0.25, -0.2) is 0 Å². The topological polar surface area (TPSA) is 101 Å². The number of hydrogen-bond donors (Lipinski definition) is 5. The third kappa shape index (κ3) is 18.6. The monoisotopic (exact) mass is 196 g/mol. The average molecular weight is 196 g/mol. The van der Waals surface area contributed by atoms with Crippen LogP contribution in [0.15, 0.2) is 0 Å². The number of aliphatic hydroxyl groups excluding tert-OH is 5. The molecule has 0 atom stereocenters. The Kier molecular flexibility index (Phi) is 16.8. The van der Waals surface area contributed by atoms with Gasteiger partial charge < -0.3 is 25.5 Å². The molecule has 0 aliphatic heterocycles. The summed E-state index contributed by atoms with van der Waals surface area (Å²) in [5, 5.41) is 40.4. The van der Waals surface area contributed by atoms with Crippen molar-refractivity contribution in [3.05, 3.63) is 0 Å². The molecule has 0 amide bonds. The van der Waals surface area contributed by atoms with Gasteiger partial charge in [-0.1, -0.05) is 0 Å². The average Bonchev–Trinajstić information content (AvgIpc) is 2.18. The molecule has 13 heavy (non-hydrogen) atoms. The number of rotatable bonds is 6. The lowest BCUT2D eigenvalue weighted by atomic mass is 10.2. The van der Waals surface area contributed by atoms with E-state index in [-0.39, 0.29) is 26.4 Å². The SMILES string of the molecule is OCC(O)CO.OCCCCCO. The molecule has 0 fully saturated rings.